The molecule has 4 nitrogen and oxygen atoms in total. The van der Waals surface area contributed by atoms with E-state index in [0.717, 1.165) is 0 Å². The third-order valence-electron chi connectivity index (χ3n) is 2.41. The molecule has 1 rings (SSSR count). The third kappa shape index (κ3) is 4.37. The summed E-state index contributed by atoms with van der Waals surface area (Å²) in [5.74, 6) is 0.586. The second-order valence-electron chi connectivity index (χ2n) is 5.31. The van der Waals surface area contributed by atoms with Gasteiger partial charge in [-0.15, -0.1) is 0 Å². The molecule has 1 atom stereocenters. The number of rotatable bonds is 4. The highest BCUT2D eigenvalue weighted by Gasteiger charge is 2.20. The fourth-order valence-electron chi connectivity index (χ4n) is 1.70. The highest BCUT2D eigenvalue weighted by Crippen LogP contribution is 2.23. The van der Waals surface area contributed by atoms with Crippen LogP contribution in [0.2, 0.25) is 0 Å². The van der Waals surface area contributed by atoms with Gasteiger partial charge in [-0.1, -0.05) is 12.1 Å². The number of carbonyl (C=O) groups is 1. The molecule has 0 fully saturated rings. The smallest absolute Gasteiger partial charge is 0.241 e. The molecule has 18 heavy (non-hydrogen) atoms. The number of amides is 1. The first kappa shape index (κ1) is 14.5. The minimum absolute atomic E-state index is 0.0746. The molecular formula is C14H22N2O2. The number of benzene rings is 1. The van der Waals surface area contributed by atoms with Crippen LogP contribution in [0.5, 0.6) is 5.75 Å². The quantitative estimate of drug-likeness (QED) is 0.862. The van der Waals surface area contributed by atoms with Gasteiger partial charge in [-0.25, -0.2) is 0 Å². The van der Waals surface area contributed by atoms with Gasteiger partial charge >= 0.3 is 0 Å². The molecule has 0 saturated heterocycles. The Kier molecular flexibility index (Phi) is 4.73. The fraction of sp³-hybridized carbons (Fsp3) is 0.500. The number of methoxy groups -OCH3 is 1. The maximum Gasteiger partial charge on any atom is 0.241 e. The van der Waals surface area contributed by atoms with Crippen LogP contribution in [0.1, 0.15) is 27.7 Å². The maximum absolute atomic E-state index is 12.0. The highest BCUT2D eigenvalue weighted by molar-refractivity contribution is 5.95. The van der Waals surface area contributed by atoms with Gasteiger partial charge in [0, 0.05) is 5.54 Å². The Morgan fingerprint density at radius 2 is 1.89 bits per heavy atom. The van der Waals surface area contributed by atoms with E-state index in [0.29, 0.717) is 11.4 Å². The van der Waals surface area contributed by atoms with Crippen LogP contribution in [-0.2, 0) is 4.79 Å². The molecule has 0 radical (unpaired) electrons. The van der Waals surface area contributed by atoms with Crippen LogP contribution in [0.15, 0.2) is 24.3 Å². The van der Waals surface area contributed by atoms with Crippen LogP contribution in [0.4, 0.5) is 5.69 Å². The van der Waals surface area contributed by atoms with Gasteiger partial charge in [-0.3, -0.25) is 4.79 Å². The molecule has 4 heteroatoms. The maximum atomic E-state index is 12.0. The summed E-state index contributed by atoms with van der Waals surface area (Å²) >= 11 is 0. The molecule has 0 aliphatic rings. The van der Waals surface area contributed by atoms with Crippen molar-refractivity contribution in [1.29, 1.82) is 0 Å². The van der Waals surface area contributed by atoms with Crippen molar-refractivity contribution in [3.8, 4) is 5.75 Å². The number of hydrogen-bond donors (Lipinski definition) is 2. The molecule has 0 saturated carbocycles. The first-order valence-corrected chi connectivity index (χ1v) is 6.05. The topological polar surface area (TPSA) is 50.4 Å². The lowest BCUT2D eigenvalue weighted by molar-refractivity contribution is -0.118. The van der Waals surface area contributed by atoms with Crippen molar-refractivity contribution in [3.63, 3.8) is 0 Å². The first-order chi connectivity index (χ1) is 8.33. The van der Waals surface area contributed by atoms with Gasteiger partial charge < -0.3 is 15.4 Å². The van der Waals surface area contributed by atoms with E-state index in [2.05, 4.69) is 10.6 Å². The van der Waals surface area contributed by atoms with Gasteiger partial charge in [0.25, 0.3) is 0 Å². The second-order valence-corrected chi connectivity index (χ2v) is 5.31. The van der Waals surface area contributed by atoms with Gasteiger partial charge in [0.1, 0.15) is 5.75 Å². The molecule has 100 valence electrons. The van der Waals surface area contributed by atoms with Crippen molar-refractivity contribution < 1.29 is 9.53 Å². The monoisotopic (exact) mass is 250 g/mol. The number of carbonyl (C=O) groups excluding carboxylic acids is 1. The minimum Gasteiger partial charge on any atom is -0.495 e. The van der Waals surface area contributed by atoms with E-state index in [1.807, 2.05) is 52.0 Å². The average Bonchev–Trinajstić information content (AvgIpc) is 2.27. The van der Waals surface area contributed by atoms with E-state index < -0.39 is 0 Å². The Bertz CT molecular complexity index is 411. The average molecular weight is 250 g/mol. The van der Waals surface area contributed by atoms with Crippen LogP contribution in [0.3, 0.4) is 0 Å². The van der Waals surface area contributed by atoms with Crippen molar-refractivity contribution >= 4 is 11.6 Å². The lowest BCUT2D eigenvalue weighted by Crippen LogP contribution is -2.48. The summed E-state index contributed by atoms with van der Waals surface area (Å²) in [5, 5.41) is 6.08. The molecule has 0 spiro atoms. The van der Waals surface area contributed by atoms with Crippen LogP contribution < -0.4 is 15.4 Å². The highest BCUT2D eigenvalue weighted by atomic mass is 16.5. The summed E-state index contributed by atoms with van der Waals surface area (Å²) in [4.78, 5) is 12.0. The third-order valence-corrected chi connectivity index (χ3v) is 2.41. The zero-order chi connectivity index (χ0) is 13.8. The van der Waals surface area contributed by atoms with Crippen molar-refractivity contribution in [1.82, 2.24) is 5.32 Å². The largest absolute Gasteiger partial charge is 0.495 e. The summed E-state index contributed by atoms with van der Waals surface area (Å²) < 4.78 is 5.19. The Labute approximate surface area is 109 Å². The standard InChI is InChI=1S/C14H22N2O2/c1-10(16-14(2,3)4)13(17)15-11-8-6-7-9-12(11)18-5/h6-10,16H,1-5H3,(H,15,17)/t10-/m0/s1. The molecular weight excluding hydrogens is 228 g/mol. The van der Waals surface area contributed by atoms with Crippen molar-refractivity contribution in [2.75, 3.05) is 12.4 Å². The number of nitrogens with one attached hydrogen (secondary N) is 2. The normalized spacial score (nSPS) is 12.9. The fourth-order valence-corrected chi connectivity index (χ4v) is 1.70. The Morgan fingerprint density at radius 3 is 2.44 bits per heavy atom. The Hall–Kier alpha value is -1.55. The summed E-state index contributed by atoms with van der Waals surface area (Å²) in [5.41, 5.74) is 0.588. The first-order valence-electron chi connectivity index (χ1n) is 6.05. The molecule has 2 N–H and O–H groups in total. The van der Waals surface area contributed by atoms with Crippen molar-refractivity contribution in [2.45, 2.75) is 39.3 Å². The predicted octanol–water partition coefficient (Wildman–Crippen LogP) is 2.41. The van der Waals surface area contributed by atoms with E-state index in [1.165, 1.54) is 0 Å². The number of anilines is 1. The lowest BCUT2D eigenvalue weighted by Gasteiger charge is -2.25. The summed E-state index contributed by atoms with van der Waals surface area (Å²) in [6, 6.07) is 7.10. The summed E-state index contributed by atoms with van der Waals surface area (Å²) in [7, 11) is 1.59. The predicted molar refractivity (Wildman–Crippen MR) is 74.0 cm³/mol. The molecule has 0 heterocycles. The molecule has 1 aromatic rings. The van der Waals surface area contributed by atoms with Crippen LogP contribution in [0.25, 0.3) is 0 Å². The molecule has 0 unspecified atom stereocenters. The minimum atomic E-state index is -0.269. The molecule has 0 aromatic heterocycles. The van der Waals surface area contributed by atoms with Crippen molar-refractivity contribution in [2.24, 2.45) is 0 Å². The van der Waals surface area contributed by atoms with Crippen LogP contribution >= 0.6 is 0 Å². The zero-order valence-corrected chi connectivity index (χ0v) is 11.7. The van der Waals surface area contributed by atoms with Crippen LogP contribution in [0, 0.1) is 0 Å². The number of hydrogen-bond acceptors (Lipinski definition) is 3. The molecule has 1 amide bonds. The number of ether oxygens (including phenoxy) is 1. The summed E-state index contributed by atoms with van der Waals surface area (Å²) in [6.45, 7) is 7.93. The SMILES string of the molecule is COc1ccccc1NC(=O)[C@H](C)NC(C)(C)C. The molecule has 0 aliphatic heterocycles. The molecule has 1 aromatic carbocycles. The second kappa shape index (κ2) is 5.87. The summed E-state index contributed by atoms with van der Waals surface area (Å²) in [6.07, 6.45) is 0. The van der Waals surface area contributed by atoms with E-state index in [9.17, 15) is 4.79 Å². The Morgan fingerprint density at radius 1 is 1.28 bits per heavy atom. The van der Waals surface area contributed by atoms with Crippen molar-refractivity contribution in [3.05, 3.63) is 24.3 Å². The zero-order valence-electron chi connectivity index (χ0n) is 11.7. The van der Waals surface area contributed by atoms with E-state index >= 15 is 0 Å². The number of para-hydroxylation sites is 2. The van der Waals surface area contributed by atoms with Gasteiger partial charge in [-0.2, -0.15) is 0 Å². The molecule has 0 bridgehead atoms. The van der Waals surface area contributed by atoms with Gasteiger partial charge in [-0.05, 0) is 39.8 Å². The van der Waals surface area contributed by atoms with Gasteiger partial charge in [0.2, 0.25) is 5.91 Å². The van der Waals surface area contributed by atoms with E-state index in [1.54, 1.807) is 7.11 Å². The van der Waals surface area contributed by atoms with E-state index in [4.69, 9.17) is 4.74 Å². The Balaban J connectivity index is 2.70. The van der Waals surface area contributed by atoms with Gasteiger partial charge in [0.05, 0.1) is 18.8 Å². The lowest BCUT2D eigenvalue weighted by atomic mass is 10.1. The molecule has 0 aliphatic carbocycles. The van der Waals surface area contributed by atoms with Crippen LogP contribution in [-0.4, -0.2) is 24.6 Å². The van der Waals surface area contributed by atoms with Gasteiger partial charge in [0.15, 0.2) is 0 Å². The van der Waals surface area contributed by atoms with E-state index in [-0.39, 0.29) is 17.5 Å².